The quantitative estimate of drug-likeness (QED) is 0.220. The topological polar surface area (TPSA) is 55.8 Å². The van der Waals surface area contributed by atoms with Gasteiger partial charge in [0.05, 0.1) is 7.11 Å². The fourth-order valence-corrected chi connectivity index (χ4v) is 3.70. The molecule has 3 aromatic carbocycles. The Labute approximate surface area is 202 Å². The van der Waals surface area contributed by atoms with Crippen molar-refractivity contribution in [2.75, 3.05) is 18.6 Å². The molecule has 3 aromatic rings. The standard InChI is InChI=1S/C27H26F3NO4/c1-19-11-12-22(21-13-15-23(16-14-21)35-27(28,29)30)18-24(19)31(25(32)26(33)34-2)17-7-6-10-20-8-4-3-5-9-20/h3-5,8-9,11-16,18H,6-7,10,17H2,1-2H3. The van der Waals surface area contributed by atoms with Crippen LogP contribution < -0.4 is 9.64 Å². The predicted molar refractivity (Wildman–Crippen MR) is 127 cm³/mol. The van der Waals surface area contributed by atoms with Gasteiger partial charge in [-0.2, -0.15) is 0 Å². The lowest BCUT2D eigenvalue weighted by molar-refractivity contribution is -0.274. The van der Waals surface area contributed by atoms with Crippen LogP contribution in [0.15, 0.2) is 72.8 Å². The molecule has 0 aliphatic rings. The van der Waals surface area contributed by atoms with Crippen molar-refractivity contribution in [1.29, 1.82) is 0 Å². The number of carbonyl (C=O) groups excluding carboxylic acids is 2. The van der Waals surface area contributed by atoms with E-state index in [0.717, 1.165) is 25.5 Å². The van der Waals surface area contributed by atoms with E-state index in [0.29, 0.717) is 29.8 Å². The van der Waals surface area contributed by atoms with Crippen LogP contribution in [-0.4, -0.2) is 31.9 Å². The van der Waals surface area contributed by atoms with Crippen LogP contribution in [0.25, 0.3) is 11.1 Å². The smallest absolute Gasteiger partial charge is 0.462 e. The van der Waals surface area contributed by atoms with E-state index >= 15 is 0 Å². The molecule has 0 atom stereocenters. The number of methoxy groups -OCH3 is 1. The third kappa shape index (κ3) is 7.34. The second-order valence-corrected chi connectivity index (χ2v) is 7.96. The van der Waals surface area contributed by atoms with Crippen LogP contribution in [0.5, 0.6) is 5.75 Å². The van der Waals surface area contributed by atoms with Gasteiger partial charge in [0, 0.05) is 12.2 Å². The van der Waals surface area contributed by atoms with Gasteiger partial charge in [-0.15, -0.1) is 13.2 Å². The summed E-state index contributed by atoms with van der Waals surface area (Å²) in [6.45, 7) is 2.13. The van der Waals surface area contributed by atoms with Gasteiger partial charge in [-0.1, -0.05) is 54.6 Å². The lowest BCUT2D eigenvalue weighted by Gasteiger charge is -2.24. The Morgan fingerprint density at radius 2 is 1.54 bits per heavy atom. The Hall–Kier alpha value is -3.81. The van der Waals surface area contributed by atoms with Crippen LogP contribution in [0.3, 0.4) is 0 Å². The molecule has 5 nitrogen and oxygen atoms in total. The molecule has 8 heteroatoms. The van der Waals surface area contributed by atoms with Crippen LogP contribution >= 0.6 is 0 Å². The number of hydrogen-bond acceptors (Lipinski definition) is 4. The molecule has 35 heavy (non-hydrogen) atoms. The van der Waals surface area contributed by atoms with Gasteiger partial charge >= 0.3 is 18.2 Å². The molecule has 0 radical (unpaired) electrons. The summed E-state index contributed by atoms with van der Waals surface area (Å²) in [4.78, 5) is 26.3. The Morgan fingerprint density at radius 1 is 0.886 bits per heavy atom. The van der Waals surface area contributed by atoms with E-state index in [-0.39, 0.29) is 5.75 Å². The molecule has 0 heterocycles. The molecular weight excluding hydrogens is 459 g/mol. The molecule has 0 N–H and O–H groups in total. The minimum absolute atomic E-state index is 0.309. The Morgan fingerprint density at radius 3 is 2.17 bits per heavy atom. The number of anilines is 1. The number of nitrogens with zero attached hydrogens (tertiary/aromatic N) is 1. The second kappa shape index (κ2) is 11.6. The first-order chi connectivity index (χ1) is 16.7. The molecule has 0 bridgehead atoms. The van der Waals surface area contributed by atoms with E-state index in [9.17, 15) is 22.8 Å². The zero-order chi connectivity index (χ0) is 25.4. The number of rotatable bonds is 8. The summed E-state index contributed by atoms with van der Waals surface area (Å²) in [5.41, 5.74) is 3.81. The number of carbonyl (C=O) groups is 2. The summed E-state index contributed by atoms with van der Waals surface area (Å²) in [5, 5.41) is 0. The van der Waals surface area contributed by atoms with Gasteiger partial charge in [0.15, 0.2) is 0 Å². The minimum Gasteiger partial charge on any atom is -0.462 e. The van der Waals surface area contributed by atoms with Crippen LogP contribution in [-0.2, 0) is 20.7 Å². The Kier molecular flexibility index (Phi) is 8.52. The highest BCUT2D eigenvalue weighted by Gasteiger charge is 2.31. The number of ether oxygens (including phenoxy) is 2. The van der Waals surface area contributed by atoms with Crippen molar-refractivity contribution in [3.8, 4) is 16.9 Å². The summed E-state index contributed by atoms with van der Waals surface area (Å²) >= 11 is 0. The number of benzene rings is 3. The third-order valence-corrected chi connectivity index (χ3v) is 5.47. The van der Waals surface area contributed by atoms with Crippen molar-refractivity contribution in [1.82, 2.24) is 0 Å². The average molecular weight is 486 g/mol. The molecule has 3 rings (SSSR count). The molecular formula is C27H26F3NO4. The van der Waals surface area contributed by atoms with Gasteiger partial charge in [0.2, 0.25) is 0 Å². The minimum atomic E-state index is -4.77. The number of alkyl halides is 3. The summed E-state index contributed by atoms with van der Waals surface area (Å²) in [6.07, 6.45) is -2.46. The van der Waals surface area contributed by atoms with Crippen LogP contribution in [0.1, 0.15) is 24.0 Å². The van der Waals surface area contributed by atoms with Crippen LogP contribution in [0.4, 0.5) is 18.9 Å². The molecule has 1 amide bonds. The SMILES string of the molecule is COC(=O)C(=O)N(CCCCc1ccccc1)c1cc(-c2ccc(OC(F)(F)F)cc2)ccc1C. The summed E-state index contributed by atoms with van der Waals surface area (Å²) in [6, 6.07) is 20.8. The normalized spacial score (nSPS) is 11.1. The van der Waals surface area contributed by atoms with Gasteiger partial charge in [0.1, 0.15) is 5.75 Å². The van der Waals surface area contributed by atoms with E-state index in [2.05, 4.69) is 9.47 Å². The maximum Gasteiger partial charge on any atom is 0.573 e. The maximum atomic E-state index is 12.8. The number of aryl methyl sites for hydroxylation is 2. The molecule has 184 valence electrons. The van der Waals surface area contributed by atoms with Gasteiger partial charge < -0.3 is 14.4 Å². The third-order valence-electron chi connectivity index (χ3n) is 5.47. The largest absolute Gasteiger partial charge is 0.573 e. The van der Waals surface area contributed by atoms with E-state index in [1.54, 1.807) is 18.2 Å². The van der Waals surface area contributed by atoms with Gasteiger partial charge in [-0.05, 0) is 66.6 Å². The highest BCUT2D eigenvalue weighted by molar-refractivity contribution is 6.38. The molecule has 0 fully saturated rings. The van der Waals surface area contributed by atoms with Crippen molar-refractivity contribution in [2.45, 2.75) is 32.5 Å². The van der Waals surface area contributed by atoms with Crippen LogP contribution in [0, 0.1) is 6.92 Å². The predicted octanol–water partition coefficient (Wildman–Crippen LogP) is 6.09. The van der Waals surface area contributed by atoms with Crippen molar-refractivity contribution in [3.05, 3.63) is 83.9 Å². The number of unbranched alkanes of at least 4 members (excludes halogenated alkanes) is 1. The molecule has 0 saturated heterocycles. The molecule has 0 aromatic heterocycles. The summed E-state index contributed by atoms with van der Waals surface area (Å²) in [5.74, 6) is -2.07. The number of esters is 1. The zero-order valence-corrected chi connectivity index (χ0v) is 19.5. The van der Waals surface area contributed by atoms with Gasteiger partial charge in [-0.3, -0.25) is 4.79 Å². The van der Waals surface area contributed by atoms with E-state index in [1.807, 2.05) is 37.3 Å². The van der Waals surface area contributed by atoms with E-state index in [1.165, 1.54) is 34.7 Å². The number of halogens is 3. The lowest BCUT2D eigenvalue weighted by Crippen LogP contribution is -2.38. The molecule has 0 spiro atoms. The number of hydrogen-bond donors (Lipinski definition) is 0. The van der Waals surface area contributed by atoms with E-state index < -0.39 is 18.2 Å². The Bertz CT molecular complexity index is 1150. The van der Waals surface area contributed by atoms with E-state index in [4.69, 9.17) is 0 Å². The monoisotopic (exact) mass is 485 g/mol. The zero-order valence-electron chi connectivity index (χ0n) is 19.5. The molecule has 0 saturated carbocycles. The average Bonchev–Trinajstić information content (AvgIpc) is 2.84. The fourth-order valence-electron chi connectivity index (χ4n) is 3.70. The molecule has 0 unspecified atom stereocenters. The fraction of sp³-hybridized carbons (Fsp3) is 0.259. The first-order valence-corrected chi connectivity index (χ1v) is 11.1. The summed E-state index contributed by atoms with van der Waals surface area (Å²) < 4.78 is 45.9. The van der Waals surface area contributed by atoms with Crippen molar-refractivity contribution < 1.29 is 32.2 Å². The second-order valence-electron chi connectivity index (χ2n) is 7.96. The van der Waals surface area contributed by atoms with Crippen LogP contribution in [0.2, 0.25) is 0 Å². The summed E-state index contributed by atoms with van der Waals surface area (Å²) in [7, 11) is 1.15. The number of amides is 1. The first-order valence-electron chi connectivity index (χ1n) is 11.1. The van der Waals surface area contributed by atoms with Crippen molar-refractivity contribution >= 4 is 17.6 Å². The maximum absolute atomic E-state index is 12.8. The first kappa shape index (κ1) is 25.8. The Balaban J connectivity index is 1.81. The molecule has 0 aliphatic carbocycles. The molecule has 0 aliphatic heterocycles. The lowest BCUT2D eigenvalue weighted by atomic mass is 10.0. The highest BCUT2D eigenvalue weighted by atomic mass is 19.4. The van der Waals surface area contributed by atoms with Crippen molar-refractivity contribution in [2.24, 2.45) is 0 Å². The highest BCUT2D eigenvalue weighted by Crippen LogP contribution is 2.31. The van der Waals surface area contributed by atoms with Crippen molar-refractivity contribution in [3.63, 3.8) is 0 Å². The van der Waals surface area contributed by atoms with Gasteiger partial charge in [-0.25, -0.2) is 4.79 Å². The van der Waals surface area contributed by atoms with Gasteiger partial charge in [0.25, 0.3) is 0 Å².